The molecule has 3 aromatic carbocycles. The first-order valence-corrected chi connectivity index (χ1v) is 11.7. The normalized spacial score (nSPS) is 10.8. The Kier molecular flexibility index (Phi) is 6.54. The molecule has 0 fully saturated rings. The van der Waals surface area contributed by atoms with Gasteiger partial charge in [-0.1, -0.05) is 72.4 Å². The van der Waals surface area contributed by atoms with Crippen LogP contribution in [0.2, 0.25) is 0 Å². The highest BCUT2D eigenvalue weighted by Crippen LogP contribution is 2.29. The number of Topliss-reactive ketones (excluding diaryl/α,β-unsaturated/α-hetero) is 1. The molecule has 0 atom stereocenters. The van der Waals surface area contributed by atoms with Gasteiger partial charge in [0.25, 0.3) is 0 Å². The Labute approximate surface area is 201 Å². The molecule has 0 spiro atoms. The van der Waals surface area contributed by atoms with Crippen LogP contribution in [0.15, 0.2) is 113 Å². The number of ether oxygens (including phenoxy) is 1. The van der Waals surface area contributed by atoms with Crippen molar-refractivity contribution in [2.75, 3.05) is 5.75 Å². The quantitative estimate of drug-likeness (QED) is 0.193. The second-order valence-corrected chi connectivity index (χ2v) is 8.41. The highest BCUT2D eigenvalue weighted by atomic mass is 32.2. The SMILES string of the molecule is O=C(CSc1nnc(-c2ccco2)n1-c1ccc(OCc2ccccc2)cc1)c1ccccc1. The van der Waals surface area contributed by atoms with Crippen LogP contribution in [0.25, 0.3) is 17.3 Å². The molecule has 0 aliphatic rings. The molecule has 5 aromatic rings. The van der Waals surface area contributed by atoms with Gasteiger partial charge in [0, 0.05) is 5.56 Å². The van der Waals surface area contributed by atoms with Gasteiger partial charge in [-0.3, -0.25) is 9.36 Å². The highest BCUT2D eigenvalue weighted by Gasteiger charge is 2.19. The lowest BCUT2D eigenvalue weighted by Crippen LogP contribution is -2.05. The van der Waals surface area contributed by atoms with Crippen LogP contribution in [0, 0.1) is 0 Å². The average molecular weight is 468 g/mol. The minimum absolute atomic E-state index is 0.0318. The van der Waals surface area contributed by atoms with Crippen molar-refractivity contribution < 1.29 is 13.9 Å². The van der Waals surface area contributed by atoms with Gasteiger partial charge in [-0.15, -0.1) is 10.2 Å². The van der Waals surface area contributed by atoms with Gasteiger partial charge in [0.15, 0.2) is 16.7 Å². The molecule has 0 aliphatic heterocycles. The maximum Gasteiger partial charge on any atom is 0.205 e. The van der Waals surface area contributed by atoms with E-state index in [9.17, 15) is 4.79 Å². The maximum atomic E-state index is 12.6. The topological polar surface area (TPSA) is 70.2 Å². The molecule has 0 radical (unpaired) electrons. The van der Waals surface area contributed by atoms with Gasteiger partial charge in [-0.2, -0.15) is 0 Å². The van der Waals surface area contributed by atoms with Gasteiger partial charge in [0.2, 0.25) is 5.82 Å². The number of benzene rings is 3. The number of carbonyl (C=O) groups is 1. The largest absolute Gasteiger partial charge is 0.489 e. The summed E-state index contributed by atoms with van der Waals surface area (Å²) in [7, 11) is 0. The molecule has 168 valence electrons. The van der Waals surface area contributed by atoms with Gasteiger partial charge in [0.1, 0.15) is 12.4 Å². The van der Waals surface area contributed by atoms with E-state index in [2.05, 4.69) is 10.2 Å². The predicted molar refractivity (Wildman–Crippen MR) is 131 cm³/mol. The van der Waals surface area contributed by atoms with E-state index < -0.39 is 0 Å². The summed E-state index contributed by atoms with van der Waals surface area (Å²) in [5, 5.41) is 9.29. The molecule has 0 saturated heterocycles. The maximum absolute atomic E-state index is 12.6. The summed E-state index contributed by atoms with van der Waals surface area (Å²) >= 11 is 1.34. The van der Waals surface area contributed by atoms with E-state index in [-0.39, 0.29) is 11.5 Å². The van der Waals surface area contributed by atoms with E-state index in [0.29, 0.717) is 28.9 Å². The fourth-order valence-corrected chi connectivity index (χ4v) is 4.28. The van der Waals surface area contributed by atoms with Crippen molar-refractivity contribution in [2.24, 2.45) is 0 Å². The van der Waals surface area contributed by atoms with Gasteiger partial charge in [-0.05, 0) is 42.0 Å². The van der Waals surface area contributed by atoms with Crippen molar-refractivity contribution in [2.45, 2.75) is 11.8 Å². The summed E-state index contributed by atoms with van der Waals surface area (Å²) in [6, 6.07) is 30.6. The summed E-state index contributed by atoms with van der Waals surface area (Å²) in [5.41, 5.74) is 2.62. The lowest BCUT2D eigenvalue weighted by atomic mass is 10.2. The number of hydrogen-bond donors (Lipinski definition) is 0. The number of furan rings is 1. The number of nitrogens with zero attached hydrogens (tertiary/aromatic N) is 3. The molecule has 6 nitrogen and oxygen atoms in total. The van der Waals surface area contributed by atoms with E-state index >= 15 is 0 Å². The van der Waals surface area contributed by atoms with E-state index in [0.717, 1.165) is 17.0 Å². The highest BCUT2D eigenvalue weighted by molar-refractivity contribution is 7.99. The Morgan fingerprint density at radius 2 is 1.59 bits per heavy atom. The van der Waals surface area contributed by atoms with Gasteiger partial charge >= 0.3 is 0 Å². The number of rotatable bonds is 9. The van der Waals surface area contributed by atoms with Crippen LogP contribution in [-0.2, 0) is 6.61 Å². The Morgan fingerprint density at radius 1 is 0.853 bits per heavy atom. The molecular formula is C27H21N3O3S. The number of carbonyl (C=O) groups excluding carboxylic acids is 1. The molecule has 0 amide bonds. The third-order valence-electron chi connectivity index (χ3n) is 5.15. The van der Waals surface area contributed by atoms with Crippen molar-refractivity contribution >= 4 is 17.5 Å². The van der Waals surface area contributed by atoms with E-state index in [1.165, 1.54) is 11.8 Å². The zero-order valence-corrected chi connectivity index (χ0v) is 19.0. The second kappa shape index (κ2) is 10.2. The van der Waals surface area contributed by atoms with E-state index in [1.807, 2.05) is 95.6 Å². The van der Waals surface area contributed by atoms with Crippen LogP contribution in [0.3, 0.4) is 0 Å². The molecule has 0 unspecified atom stereocenters. The minimum Gasteiger partial charge on any atom is -0.489 e. The van der Waals surface area contributed by atoms with Crippen LogP contribution in [-0.4, -0.2) is 26.3 Å². The molecule has 34 heavy (non-hydrogen) atoms. The molecule has 2 aromatic heterocycles. The monoisotopic (exact) mass is 467 g/mol. The Balaban J connectivity index is 1.38. The molecule has 5 rings (SSSR count). The Bertz CT molecular complexity index is 1350. The van der Waals surface area contributed by atoms with Crippen molar-refractivity contribution in [1.29, 1.82) is 0 Å². The van der Waals surface area contributed by atoms with Crippen LogP contribution >= 0.6 is 11.8 Å². The van der Waals surface area contributed by atoms with Crippen molar-refractivity contribution in [3.8, 4) is 23.0 Å². The Hall–Kier alpha value is -4.10. The molecule has 7 heteroatoms. The zero-order valence-electron chi connectivity index (χ0n) is 18.2. The molecular weight excluding hydrogens is 446 g/mol. The average Bonchev–Trinajstić information content (AvgIpc) is 3.58. The second-order valence-electron chi connectivity index (χ2n) is 7.46. The molecule has 0 bridgehead atoms. The number of aromatic nitrogens is 3. The summed E-state index contributed by atoms with van der Waals surface area (Å²) in [6.45, 7) is 0.493. The summed E-state index contributed by atoms with van der Waals surface area (Å²) in [6.07, 6.45) is 1.60. The van der Waals surface area contributed by atoms with E-state index in [1.54, 1.807) is 12.3 Å². The fraction of sp³-hybridized carbons (Fsp3) is 0.0741. The molecule has 0 aliphatic carbocycles. The zero-order chi connectivity index (χ0) is 23.2. The third-order valence-corrected chi connectivity index (χ3v) is 6.08. The van der Waals surface area contributed by atoms with Crippen molar-refractivity contribution in [3.63, 3.8) is 0 Å². The van der Waals surface area contributed by atoms with Gasteiger partial charge in [0.05, 0.1) is 17.7 Å². The van der Waals surface area contributed by atoms with Crippen molar-refractivity contribution in [1.82, 2.24) is 14.8 Å². The smallest absolute Gasteiger partial charge is 0.205 e. The van der Waals surface area contributed by atoms with Gasteiger partial charge in [-0.25, -0.2) is 0 Å². The lowest BCUT2D eigenvalue weighted by Gasteiger charge is -2.11. The summed E-state index contributed by atoms with van der Waals surface area (Å²) in [4.78, 5) is 12.6. The lowest BCUT2D eigenvalue weighted by molar-refractivity contribution is 0.102. The standard InChI is InChI=1S/C27H21N3O3S/c31-24(21-10-5-2-6-11-21)19-34-27-29-28-26(25-12-7-17-32-25)30(27)22-13-15-23(16-14-22)33-18-20-8-3-1-4-9-20/h1-17H,18-19H2. The number of thioether (sulfide) groups is 1. The summed E-state index contributed by atoms with van der Waals surface area (Å²) in [5.74, 6) is 2.20. The van der Waals surface area contributed by atoms with Crippen molar-refractivity contribution in [3.05, 3.63) is 114 Å². The first kappa shape index (κ1) is 21.7. The molecule has 2 heterocycles. The van der Waals surface area contributed by atoms with Gasteiger partial charge < -0.3 is 9.15 Å². The fourth-order valence-electron chi connectivity index (χ4n) is 3.43. The minimum atomic E-state index is 0.0318. The first-order chi connectivity index (χ1) is 16.8. The van der Waals surface area contributed by atoms with Crippen LogP contribution in [0.5, 0.6) is 5.75 Å². The van der Waals surface area contributed by atoms with E-state index in [4.69, 9.17) is 9.15 Å². The molecule has 0 N–H and O–H groups in total. The third kappa shape index (κ3) is 4.94. The molecule has 0 saturated carbocycles. The Morgan fingerprint density at radius 3 is 2.29 bits per heavy atom. The summed E-state index contributed by atoms with van der Waals surface area (Å²) < 4.78 is 13.4. The first-order valence-electron chi connectivity index (χ1n) is 10.8. The number of ketones is 1. The van der Waals surface area contributed by atoms with Crippen LogP contribution < -0.4 is 4.74 Å². The van der Waals surface area contributed by atoms with Crippen LogP contribution in [0.1, 0.15) is 15.9 Å². The van der Waals surface area contributed by atoms with Crippen LogP contribution in [0.4, 0.5) is 0 Å². The number of hydrogen-bond acceptors (Lipinski definition) is 6. The predicted octanol–water partition coefficient (Wildman–Crippen LogP) is 6.08.